The summed E-state index contributed by atoms with van der Waals surface area (Å²) >= 11 is -4.60. The van der Waals surface area contributed by atoms with Gasteiger partial charge in [0, 0.05) is 0 Å². The van der Waals surface area contributed by atoms with E-state index in [9.17, 15) is 65.5 Å². The van der Waals surface area contributed by atoms with Crippen molar-refractivity contribution >= 4 is 30.4 Å². The van der Waals surface area contributed by atoms with E-state index < -0.39 is 76.3 Å². The second-order valence-electron chi connectivity index (χ2n) is 11.5. The molecule has 2 aromatic rings. The van der Waals surface area contributed by atoms with E-state index in [0.29, 0.717) is 0 Å². The summed E-state index contributed by atoms with van der Waals surface area (Å²) in [7, 11) is -7.52. The Morgan fingerprint density at radius 2 is 0.841 bits per heavy atom. The molecule has 0 fully saturated rings. The van der Waals surface area contributed by atoms with Gasteiger partial charge in [0.25, 0.3) is 0 Å². The van der Waals surface area contributed by atoms with Crippen molar-refractivity contribution in [3.05, 3.63) is 66.8 Å². The van der Waals surface area contributed by atoms with Gasteiger partial charge < -0.3 is 0 Å². The van der Waals surface area contributed by atoms with Crippen molar-refractivity contribution in [2.75, 3.05) is 0 Å². The van der Waals surface area contributed by atoms with Crippen LogP contribution in [0, 0.1) is 7.14 Å². The standard InChI is InChI=1S/C26H26F13IO3S/c1-19(2,3)15-11-7-9-13-17(15)40(18-14-10-8-12-16(18)20(4,5)6)43-44(41,42)26(38,39)24(33,34)22(29,30)21(27,28)23(31,32)25(35,36)37/h7-14H,1-6H3. The first-order chi connectivity index (χ1) is 19.3. The molecule has 44 heavy (non-hydrogen) atoms. The summed E-state index contributed by atoms with van der Waals surface area (Å²) in [5.41, 5.74) is -1.39. The minimum atomic E-state index is -8.29. The number of alkyl halides is 13. The molecule has 0 spiro atoms. The van der Waals surface area contributed by atoms with E-state index >= 15 is 0 Å². The van der Waals surface area contributed by atoms with Crippen LogP contribution in [0.3, 0.4) is 0 Å². The molecule has 2 aromatic carbocycles. The van der Waals surface area contributed by atoms with Gasteiger partial charge in [-0.2, -0.15) is 0 Å². The number of rotatable bonds is 9. The fourth-order valence-electron chi connectivity index (χ4n) is 3.65. The number of hydrogen-bond donors (Lipinski definition) is 0. The Hall–Kier alpha value is -1.83. The van der Waals surface area contributed by atoms with E-state index in [1.165, 1.54) is 48.5 Å². The van der Waals surface area contributed by atoms with Crippen LogP contribution in [0.2, 0.25) is 0 Å². The minimum absolute atomic E-state index is 0.135. The quantitative estimate of drug-likeness (QED) is 0.188. The molecule has 0 N–H and O–H groups in total. The van der Waals surface area contributed by atoms with Crippen molar-refractivity contribution < 1.29 is 68.0 Å². The van der Waals surface area contributed by atoms with Gasteiger partial charge in [-0.15, -0.1) is 0 Å². The zero-order valence-corrected chi connectivity index (χ0v) is 26.5. The molecule has 252 valence electrons. The van der Waals surface area contributed by atoms with Gasteiger partial charge in [-0.25, -0.2) is 0 Å². The van der Waals surface area contributed by atoms with Crippen molar-refractivity contribution in [1.82, 2.24) is 0 Å². The van der Waals surface area contributed by atoms with E-state index in [0.717, 1.165) is 0 Å². The molecular formula is C26H26F13IO3S. The fourth-order valence-corrected chi connectivity index (χ4v) is 12.5. The number of hydrogen-bond acceptors (Lipinski definition) is 3. The van der Waals surface area contributed by atoms with E-state index in [4.69, 9.17) is 0 Å². The van der Waals surface area contributed by atoms with Crippen LogP contribution in [0.1, 0.15) is 52.7 Å². The number of benzene rings is 2. The maximum atomic E-state index is 15.0. The van der Waals surface area contributed by atoms with Gasteiger partial charge in [0.05, 0.1) is 0 Å². The molecule has 0 atom stereocenters. The summed E-state index contributed by atoms with van der Waals surface area (Å²) in [6.07, 6.45) is -7.63. The third-order valence-electron chi connectivity index (χ3n) is 6.10. The summed E-state index contributed by atoms with van der Waals surface area (Å²) < 4.78 is 209. The van der Waals surface area contributed by atoms with Crippen molar-refractivity contribution in [2.45, 2.75) is 87.5 Å². The molecule has 3 nitrogen and oxygen atoms in total. The topological polar surface area (TPSA) is 43.4 Å². The Morgan fingerprint density at radius 1 is 0.523 bits per heavy atom. The molecule has 0 aromatic heterocycles. The molecule has 0 aliphatic rings. The zero-order chi connectivity index (χ0) is 34.8. The van der Waals surface area contributed by atoms with Crippen molar-refractivity contribution in [3.8, 4) is 0 Å². The molecule has 0 bridgehead atoms. The Bertz CT molecular complexity index is 1400. The van der Waals surface area contributed by atoms with Crippen LogP contribution in [0.5, 0.6) is 0 Å². The van der Waals surface area contributed by atoms with E-state index in [-0.39, 0.29) is 18.3 Å². The third-order valence-corrected chi connectivity index (χ3v) is 13.8. The van der Waals surface area contributed by atoms with Crippen molar-refractivity contribution in [1.29, 1.82) is 0 Å². The molecule has 18 heteroatoms. The van der Waals surface area contributed by atoms with Crippen LogP contribution in [0.4, 0.5) is 57.1 Å². The first-order valence-electron chi connectivity index (χ1n) is 12.1. The first kappa shape index (κ1) is 38.4. The Morgan fingerprint density at radius 3 is 1.16 bits per heavy atom. The third kappa shape index (κ3) is 6.27. The van der Waals surface area contributed by atoms with Crippen LogP contribution in [0.15, 0.2) is 48.5 Å². The first-order valence-corrected chi connectivity index (χ1v) is 16.5. The molecule has 0 aliphatic carbocycles. The van der Waals surface area contributed by atoms with Gasteiger partial charge in [-0.3, -0.25) is 0 Å². The van der Waals surface area contributed by atoms with Gasteiger partial charge >= 0.3 is 253 Å². The SMILES string of the molecule is CC(C)(C)c1ccccc1I(OS(=O)(=O)C(F)(F)C(F)(F)C(F)(F)C(F)(F)C(F)(F)C(F)(F)F)c1ccccc1C(C)(C)C. The maximum absolute atomic E-state index is 15.0. The zero-order valence-electron chi connectivity index (χ0n) is 23.5. The summed E-state index contributed by atoms with van der Waals surface area (Å²) in [4.78, 5) is 0. The summed E-state index contributed by atoms with van der Waals surface area (Å²) in [6, 6.07) is 10.6. The molecule has 0 unspecified atom stereocenters. The number of halogens is 14. The van der Waals surface area contributed by atoms with Gasteiger partial charge in [-0.1, -0.05) is 0 Å². The van der Waals surface area contributed by atoms with Crippen molar-refractivity contribution in [2.24, 2.45) is 0 Å². The molecule has 0 amide bonds. The average Bonchev–Trinajstić information content (AvgIpc) is 2.85. The fraction of sp³-hybridized carbons (Fsp3) is 0.538. The second kappa shape index (κ2) is 11.5. The average molecular weight is 792 g/mol. The second-order valence-corrected chi connectivity index (χ2v) is 17.9. The van der Waals surface area contributed by atoms with E-state index in [1.807, 2.05) is 0 Å². The predicted molar refractivity (Wildman–Crippen MR) is 142 cm³/mol. The Kier molecular flexibility index (Phi) is 9.98. The normalized spacial score (nSPS) is 15.4. The molecule has 0 radical (unpaired) electrons. The van der Waals surface area contributed by atoms with Crippen LogP contribution < -0.4 is 0 Å². The molecule has 0 heterocycles. The Balaban J connectivity index is 2.88. The van der Waals surface area contributed by atoms with Crippen LogP contribution >= 0.6 is 20.2 Å². The van der Waals surface area contributed by atoms with Gasteiger partial charge in [0.15, 0.2) is 0 Å². The van der Waals surface area contributed by atoms with Gasteiger partial charge in [0.2, 0.25) is 0 Å². The summed E-state index contributed by atoms with van der Waals surface area (Å²) in [5, 5.41) is -7.46. The van der Waals surface area contributed by atoms with Crippen LogP contribution in [-0.2, 0) is 23.5 Å². The summed E-state index contributed by atoms with van der Waals surface area (Å²) in [5.74, 6) is -32.6. The molecule has 0 saturated carbocycles. The van der Waals surface area contributed by atoms with E-state index in [2.05, 4.69) is 2.51 Å². The predicted octanol–water partition coefficient (Wildman–Crippen LogP) is 9.79. The van der Waals surface area contributed by atoms with Crippen LogP contribution in [0.25, 0.3) is 0 Å². The van der Waals surface area contributed by atoms with Gasteiger partial charge in [-0.05, 0) is 0 Å². The monoisotopic (exact) mass is 792 g/mol. The van der Waals surface area contributed by atoms with Crippen molar-refractivity contribution in [3.63, 3.8) is 0 Å². The Labute approximate surface area is 252 Å². The summed E-state index contributed by atoms with van der Waals surface area (Å²) in [6.45, 7) is 9.48. The van der Waals surface area contributed by atoms with E-state index in [1.54, 1.807) is 41.5 Å². The molecule has 0 saturated heterocycles. The molecule has 2 rings (SSSR count). The molecular weight excluding hydrogens is 766 g/mol. The van der Waals surface area contributed by atoms with Gasteiger partial charge in [0.1, 0.15) is 0 Å². The van der Waals surface area contributed by atoms with Crippen LogP contribution in [-0.4, -0.2) is 43.5 Å². The molecule has 0 aliphatic heterocycles.